The average molecular weight is 306 g/mol. The number of carbonyl (C=O) groups excluding carboxylic acids is 1. The number of ether oxygens (including phenoxy) is 2. The maximum atomic E-state index is 12.5. The molecule has 1 aromatic heterocycles. The second-order valence-electron chi connectivity index (χ2n) is 6.52. The van der Waals surface area contributed by atoms with Gasteiger partial charge in [-0.05, 0) is 53.0 Å². The van der Waals surface area contributed by atoms with Gasteiger partial charge in [0, 0.05) is 18.3 Å². The maximum absolute atomic E-state index is 12.5. The van der Waals surface area contributed by atoms with Crippen LogP contribution in [0.2, 0.25) is 0 Å². The molecular formula is C17H26N2O3. The Morgan fingerprint density at radius 1 is 1.41 bits per heavy atom. The van der Waals surface area contributed by atoms with E-state index in [0.29, 0.717) is 19.0 Å². The number of rotatable bonds is 3. The molecule has 5 nitrogen and oxygen atoms in total. The second-order valence-corrected chi connectivity index (χ2v) is 6.52. The fourth-order valence-corrected chi connectivity index (χ4v) is 2.71. The quantitative estimate of drug-likeness (QED) is 0.848. The van der Waals surface area contributed by atoms with Crippen LogP contribution in [0.5, 0.6) is 5.88 Å². The van der Waals surface area contributed by atoms with Crippen LogP contribution in [0.4, 0.5) is 4.79 Å². The fraction of sp³-hybridized carbons (Fsp3) is 0.647. The summed E-state index contributed by atoms with van der Waals surface area (Å²) in [7, 11) is 0. The number of aromatic nitrogens is 1. The van der Waals surface area contributed by atoms with E-state index >= 15 is 0 Å². The first kappa shape index (κ1) is 16.6. The zero-order valence-corrected chi connectivity index (χ0v) is 14.0. The monoisotopic (exact) mass is 306 g/mol. The zero-order chi connectivity index (χ0) is 16.2. The lowest BCUT2D eigenvalue weighted by atomic mass is 9.96. The number of pyridine rings is 1. The van der Waals surface area contributed by atoms with Gasteiger partial charge in [-0.15, -0.1) is 0 Å². The standard InChI is InChI=1S/C17H26N2O3/c1-5-21-15-13(9-8-11-18-15)14-10-6-7-12-19(14)16(20)22-17(2,3)4/h8-9,11,14H,5-7,10,12H2,1-4H3/t14-/m0/s1. The van der Waals surface area contributed by atoms with Crippen molar-refractivity contribution in [3.63, 3.8) is 0 Å². The van der Waals surface area contributed by atoms with Crippen LogP contribution in [0, 0.1) is 0 Å². The van der Waals surface area contributed by atoms with Crippen molar-refractivity contribution in [1.82, 2.24) is 9.88 Å². The molecule has 1 aliphatic heterocycles. The molecule has 2 heterocycles. The van der Waals surface area contributed by atoms with Crippen LogP contribution in [0.15, 0.2) is 18.3 Å². The number of piperidine rings is 1. The lowest BCUT2D eigenvalue weighted by Gasteiger charge is -2.37. The molecule has 1 atom stereocenters. The van der Waals surface area contributed by atoms with Gasteiger partial charge in [0.25, 0.3) is 0 Å². The van der Waals surface area contributed by atoms with Crippen LogP contribution in [-0.2, 0) is 4.74 Å². The predicted molar refractivity (Wildman–Crippen MR) is 84.9 cm³/mol. The smallest absolute Gasteiger partial charge is 0.410 e. The van der Waals surface area contributed by atoms with Crippen molar-refractivity contribution >= 4 is 6.09 Å². The highest BCUT2D eigenvalue weighted by molar-refractivity contribution is 5.69. The molecule has 22 heavy (non-hydrogen) atoms. The van der Waals surface area contributed by atoms with E-state index in [0.717, 1.165) is 24.8 Å². The molecule has 0 aliphatic carbocycles. The van der Waals surface area contributed by atoms with Gasteiger partial charge < -0.3 is 14.4 Å². The summed E-state index contributed by atoms with van der Waals surface area (Å²) in [5, 5.41) is 0. The van der Waals surface area contributed by atoms with E-state index in [2.05, 4.69) is 4.98 Å². The summed E-state index contributed by atoms with van der Waals surface area (Å²) in [6.07, 6.45) is 4.45. The third-order valence-corrected chi connectivity index (χ3v) is 3.57. The van der Waals surface area contributed by atoms with Gasteiger partial charge in [0.05, 0.1) is 12.6 Å². The van der Waals surface area contributed by atoms with Crippen molar-refractivity contribution in [2.45, 2.75) is 58.6 Å². The van der Waals surface area contributed by atoms with Crippen molar-refractivity contribution in [1.29, 1.82) is 0 Å². The molecule has 1 fully saturated rings. The summed E-state index contributed by atoms with van der Waals surface area (Å²) < 4.78 is 11.2. The third-order valence-electron chi connectivity index (χ3n) is 3.57. The predicted octanol–water partition coefficient (Wildman–Crippen LogP) is 3.94. The number of amides is 1. The molecule has 0 radical (unpaired) electrons. The molecule has 1 saturated heterocycles. The first-order valence-electron chi connectivity index (χ1n) is 7.99. The molecule has 1 amide bonds. The highest BCUT2D eigenvalue weighted by Gasteiger charge is 2.33. The number of nitrogens with zero attached hydrogens (tertiary/aromatic N) is 2. The number of hydrogen-bond acceptors (Lipinski definition) is 4. The normalized spacial score (nSPS) is 18.9. The van der Waals surface area contributed by atoms with Crippen molar-refractivity contribution in [3.05, 3.63) is 23.9 Å². The molecule has 0 unspecified atom stereocenters. The van der Waals surface area contributed by atoms with E-state index in [1.165, 1.54) is 0 Å². The minimum absolute atomic E-state index is 0.0288. The molecule has 5 heteroatoms. The Kier molecular flexibility index (Phi) is 5.27. The minimum atomic E-state index is -0.489. The fourth-order valence-electron chi connectivity index (χ4n) is 2.71. The summed E-state index contributed by atoms with van der Waals surface area (Å²) in [5.41, 5.74) is 0.478. The minimum Gasteiger partial charge on any atom is -0.478 e. The average Bonchev–Trinajstić information content (AvgIpc) is 2.46. The van der Waals surface area contributed by atoms with Gasteiger partial charge >= 0.3 is 6.09 Å². The Hall–Kier alpha value is -1.78. The molecular weight excluding hydrogens is 280 g/mol. The summed E-state index contributed by atoms with van der Waals surface area (Å²) >= 11 is 0. The molecule has 0 aromatic carbocycles. The lowest BCUT2D eigenvalue weighted by molar-refractivity contribution is 0.00918. The van der Waals surface area contributed by atoms with E-state index in [-0.39, 0.29) is 12.1 Å². The van der Waals surface area contributed by atoms with Gasteiger partial charge in [0.2, 0.25) is 5.88 Å². The van der Waals surface area contributed by atoms with Crippen LogP contribution in [0.25, 0.3) is 0 Å². The molecule has 0 spiro atoms. The Morgan fingerprint density at radius 2 is 2.18 bits per heavy atom. The lowest BCUT2D eigenvalue weighted by Crippen LogP contribution is -2.42. The first-order chi connectivity index (χ1) is 10.4. The number of carbonyl (C=O) groups is 1. The molecule has 1 aliphatic rings. The van der Waals surface area contributed by atoms with E-state index in [1.54, 1.807) is 6.20 Å². The largest absolute Gasteiger partial charge is 0.478 e. The zero-order valence-electron chi connectivity index (χ0n) is 14.0. The van der Waals surface area contributed by atoms with Gasteiger partial charge in [-0.25, -0.2) is 9.78 Å². The van der Waals surface area contributed by atoms with Gasteiger partial charge in [-0.1, -0.05) is 6.07 Å². The Bertz CT molecular complexity index is 511. The highest BCUT2D eigenvalue weighted by Crippen LogP contribution is 2.35. The number of likely N-dealkylation sites (tertiary alicyclic amines) is 1. The highest BCUT2D eigenvalue weighted by atomic mass is 16.6. The molecule has 122 valence electrons. The van der Waals surface area contributed by atoms with Crippen molar-refractivity contribution in [2.75, 3.05) is 13.2 Å². The van der Waals surface area contributed by atoms with Crippen LogP contribution in [0.3, 0.4) is 0 Å². The number of hydrogen-bond donors (Lipinski definition) is 0. The maximum Gasteiger partial charge on any atom is 0.410 e. The Morgan fingerprint density at radius 3 is 2.86 bits per heavy atom. The molecule has 0 saturated carbocycles. The SMILES string of the molecule is CCOc1ncccc1[C@@H]1CCCCN1C(=O)OC(C)(C)C. The Balaban J connectivity index is 2.25. The van der Waals surface area contributed by atoms with Gasteiger partial charge in [0.15, 0.2) is 0 Å². The van der Waals surface area contributed by atoms with E-state index < -0.39 is 5.60 Å². The van der Waals surface area contributed by atoms with Crippen LogP contribution >= 0.6 is 0 Å². The van der Waals surface area contributed by atoms with E-state index in [9.17, 15) is 4.79 Å². The van der Waals surface area contributed by atoms with Crippen molar-refractivity contribution in [3.8, 4) is 5.88 Å². The molecule has 0 N–H and O–H groups in total. The summed E-state index contributed by atoms with van der Waals surface area (Å²) in [6, 6.07) is 3.85. The van der Waals surface area contributed by atoms with E-state index in [1.807, 2.05) is 44.7 Å². The topological polar surface area (TPSA) is 51.7 Å². The van der Waals surface area contributed by atoms with Gasteiger partial charge in [-0.2, -0.15) is 0 Å². The van der Waals surface area contributed by atoms with E-state index in [4.69, 9.17) is 9.47 Å². The van der Waals surface area contributed by atoms with Crippen LogP contribution in [-0.4, -0.2) is 34.7 Å². The van der Waals surface area contributed by atoms with Gasteiger partial charge in [0.1, 0.15) is 5.60 Å². The summed E-state index contributed by atoms with van der Waals surface area (Å²) in [6.45, 7) is 8.87. The van der Waals surface area contributed by atoms with Crippen molar-refractivity contribution in [2.24, 2.45) is 0 Å². The molecule has 2 rings (SSSR count). The molecule has 1 aromatic rings. The van der Waals surface area contributed by atoms with Crippen LogP contribution in [0.1, 0.15) is 58.6 Å². The molecule has 0 bridgehead atoms. The first-order valence-corrected chi connectivity index (χ1v) is 7.99. The van der Waals surface area contributed by atoms with Crippen LogP contribution < -0.4 is 4.74 Å². The summed E-state index contributed by atoms with van der Waals surface area (Å²) in [4.78, 5) is 18.6. The van der Waals surface area contributed by atoms with Gasteiger partial charge in [-0.3, -0.25) is 0 Å². The summed E-state index contributed by atoms with van der Waals surface area (Å²) in [5.74, 6) is 0.616. The second kappa shape index (κ2) is 6.99. The third kappa shape index (κ3) is 4.12. The van der Waals surface area contributed by atoms with Crippen molar-refractivity contribution < 1.29 is 14.3 Å². The Labute approximate surface area is 132 Å².